The molecular weight excluding hydrogens is 262 g/mol. The molecule has 19 heavy (non-hydrogen) atoms. The molecule has 0 amide bonds. The summed E-state index contributed by atoms with van der Waals surface area (Å²) in [5.74, 6) is 0.946. The van der Waals surface area contributed by atoms with Crippen molar-refractivity contribution < 1.29 is 13.2 Å². The van der Waals surface area contributed by atoms with E-state index in [1.54, 1.807) is 0 Å². The van der Waals surface area contributed by atoms with Crippen LogP contribution in [0.1, 0.15) is 36.4 Å². The Kier molecular flexibility index (Phi) is 4.47. The van der Waals surface area contributed by atoms with E-state index in [2.05, 4.69) is 6.07 Å². The van der Waals surface area contributed by atoms with Gasteiger partial charge < -0.3 is 10.5 Å². The van der Waals surface area contributed by atoms with Gasteiger partial charge in [-0.25, -0.2) is 8.42 Å². The fourth-order valence-electron chi connectivity index (χ4n) is 2.41. The molecule has 0 spiro atoms. The molecule has 0 heterocycles. The Hall–Kier alpha value is -1.07. The Labute approximate surface area is 114 Å². The van der Waals surface area contributed by atoms with Crippen molar-refractivity contribution in [3.63, 3.8) is 0 Å². The van der Waals surface area contributed by atoms with Crippen molar-refractivity contribution in [2.75, 3.05) is 18.6 Å². The van der Waals surface area contributed by atoms with Crippen molar-refractivity contribution >= 4 is 9.84 Å². The van der Waals surface area contributed by atoms with Crippen LogP contribution in [0.3, 0.4) is 0 Å². The van der Waals surface area contributed by atoms with E-state index in [0.717, 1.165) is 25.0 Å². The van der Waals surface area contributed by atoms with Crippen LogP contribution in [-0.4, -0.2) is 27.0 Å². The van der Waals surface area contributed by atoms with Gasteiger partial charge in [0.05, 0.1) is 12.4 Å². The van der Waals surface area contributed by atoms with Gasteiger partial charge in [-0.3, -0.25) is 0 Å². The molecule has 2 rings (SSSR count). The van der Waals surface area contributed by atoms with E-state index in [1.807, 2.05) is 12.1 Å². The number of hydrogen-bond donors (Lipinski definition) is 1. The maximum absolute atomic E-state index is 11.0. The van der Waals surface area contributed by atoms with Crippen molar-refractivity contribution in [1.29, 1.82) is 0 Å². The Morgan fingerprint density at radius 2 is 2.21 bits per heavy atom. The van der Waals surface area contributed by atoms with Gasteiger partial charge in [-0.1, -0.05) is 6.07 Å². The van der Waals surface area contributed by atoms with Crippen LogP contribution in [0, 0.1) is 0 Å². The van der Waals surface area contributed by atoms with Crippen molar-refractivity contribution in [2.45, 2.75) is 31.7 Å². The Morgan fingerprint density at radius 1 is 1.42 bits per heavy atom. The Balaban J connectivity index is 1.93. The minimum absolute atomic E-state index is 0.100. The Bertz CT molecular complexity index is 540. The minimum Gasteiger partial charge on any atom is -0.494 e. The van der Waals surface area contributed by atoms with Crippen molar-refractivity contribution in [2.24, 2.45) is 5.73 Å². The van der Waals surface area contributed by atoms with Gasteiger partial charge in [-0.05, 0) is 48.9 Å². The molecule has 0 aromatic heterocycles. The van der Waals surface area contributed by atoms with E-state index in [4.69, 9.17) is 10.5 Å². The van der Waals surface area contributed by atoms with Crippen LogP contribution >= 0.6 is 0 Å². The molecule has 106 valence electrons. The van der Waals surface area contributed by atoms with Gasteiger partial charge >= 0.3 is 0 Å². The van der Waals surface area contributed by atoms with Gasteiger partial charge in [0.2, 0.25) is 0 Å². The summed E-state index contributed by atoms with van der Waals surface area (Å²) in [6, 6.07) is 6.11. The van der Waals surface area contributed by atoms with Crippen molar-refractivity contribution in [1.82, 2.24) is 0 Å². The van der Waals surface area contributed by atoms with Crippen LogP contribution < -0.4 is 10.5 Å². The monoisotopic (exact) mass is 283 g/mol. The van der Waals surface area contributed by atoms with Crippen LogP contribution in [0.15, 0.2) is 18.2 Å². The summed E-state index contributed by atoms with van der Waals surface area (Å²) in [6.45, 7) is 0.418. The van der Waals surface area contributed by atoms with Gasteiger partial charge in [0.1, 0.15) is 15.6 Å². The molecule has 0 saturated heterocycles. The van der Waals surface area contributed by atoms with Crippen LogP contribution in [0.5, 0.6) is 5.75 Å². The largest absolute Gasteiger partial charge is 0.494 e. The third kappa shape index (κ3) is 4.21. The first-order chi connectivity index (χ1) is 8.96. The number of hydrogen-bond acceptors (Lipinski definition) is 4. The second-order valence-corrected chi connectivity index (χ2v) is 7.45. The number of rotatable bonds is 5. The topological polar surface area (TPSA) is 69.4 Å². The second-order valence-electron chi connectivity index (χ2n) is 5.19. The third-order valence-corrected chi connectivity index (χ3v) is 4.44. The van der Waals surface area contributed by atoms with Gasteiger partial charge in [-0.15, -0.1) is 0 Å². The maximum Gasteiger partial charge on any atom is 0.147 e. The van der Waals surface area contributed by atoms with Crippen molar-refractivity contribution in [3.05, 3.63) is 29.3 Å². The minimum atomic E-state index is -2.90. The van der Waals surface area contributed by atoms with E-state index >= 15 is 0 Å². The highest BCUT2D eigenvalue weighted by molar-refractivity contribution is 7.90. The normalized spacial score (nSPS) is 18.9. The molecule has 2 N–H and O–H groups in total. The van der Waals surface area contributed by atoms with Crippen LogP contribution in [-0.2, 0) is 16.3 Å². The fraction of sp³-hybridized carbons (Fsp3) is 0.571. The number of ether oxygens (including phenoxy) is 1. The molecule has 0 aliphatic heterocycles. The van der Waals surface area contributed by atoms with Gasteiger partial charge in [-0.2, -0.15) is 0 Å². The highest BCUT2D eigenvalue weighted by atomic mass is 32.2. The molecule has 0 bridgehead atoms. The van der Waals surface area contributed by atoms with E-state index in [-0.39, 0.29) is 11.8 Å². The molecule has 1 atom stereocenters. The summed E-state index contributed by atoms with van der Waals surface area (Å²) in [7, 11) is -2.90. The summed E-state index contributed by atoms with van der Waals surface area (Å²) in [5.41, 5.74) is 8.57. The molecule has 0 fully saturated rings. The number of aryl methyl sites for hydroxylation is 1. The molecule has 1 aromatic rings. The molecule has 1 aromatic carbocycles. The first-order valence-electron chi connectivity index (χ1n) is 6.64. The molecule has 1 aliphatic carbocycles. The van der Waals surface area contributed by atoms with E-state index in [1.165, 1.54) is 17.4 Å². The molecule has 0 radical (unpaired) electrons. The summed E-state index contributed by atoms with van der Waals surface area (Å²) >= 11 is 0. The number of nitrogens with two attached hydrogens (primary N) is 1. The lowest BCUT2D eigenvalue weighted by Crippen LogP contribution is -2.17. The summed E-state index contributed by atoms with van der Waals surface area (Å²) < 4.78 is 27.6. The van der Waals surface area contributed by atoms with Gasteiger partial charge in [0.15, 0.2) is 0 Å². The SMILES string of the molecule is CS(=O)(=O)CCCOc1ccc2c(c1)[C@H](N)CCC2. The zero-order valence-corrected chi connectivity index (χ0v) is 12.1. The van der Waals surface area contributed by atoms with Gasteiger partial charge in [0, 0.05) is 12.3 Å². The molecule has 5 heteroatoms. The molecule has 0 unspecified atom stereocenters. The first kappa shape index (κ1) is 14.3. The first-order valence-corrected chi connectivity index (χ1v) is 8.71. The third-order valence-electron chi connectivity index (χ3n) is 3.41. The van der Waals surface area contributed by atoms with Crippen LogP contribution in [0.25, 0.3) is 0 Å². The van der Waals surface area contributed by atoms with E-state index in [9.17, 15) is 8.42 Å². The predicted molar refractivity (Wildman–Crippen MR) is 76.1 cm³/mol. The molecule has 4 nitrogen and oxygen atoms in total. The average molecular weight is 283 g/mol. The second kappa shape index (κ2) is 5.92. The number of fused-ring (bicyclic) bond motifs is 1. The van der Waals surface area contributed by atoms with Crippen LogP contribution in [0.4, 0.5) is 0 Å². The predicted octanol–water partition coefficient (Wildman–Crippen LogP) is 1.84. The number of benzene rings is 1. The van der Waals surface area contributed by atoms with Gasteiger partial charge in [0.25, 0.3) is 0 Å². The van der Waals surface area contributed by atoms with Crippen LogP contribution in [0.2, 0.25) is 0 Å². The maximum atomic E-state index is 11.0. The standard InChI is InChI=1S/C14H21NO3S/c1-19(16,17)9-3-8-18-12-7-6-11-4-2-5-14(15)13(11)10-12/h6-7,10,14H,2-5,8-9,15H2,1H3/t14-/m1/s1. The summed E-state index contributed by atoms with van der Waals surface area (Å²) in [5, 5.41) is 0. The van der Waals surface area contributed by atoms with E-state index < -0.39 is 9.84 Å². The zero-order chi connectivity index (χ0) is 13.9. The lowest BCUT2D eigenvalue weighted by molar-refractivity contribution is 0.317. The lowest BCUT2D eigenvalue weighted by atomic mass is 9.88. The quantitative estimate of drug-likeness (QED) is 0.837. The molecular formula is C14H21NO3S. The van der Waals surface area contributed by atoms with Crippen molar-refractivity contribution in [3.8, 4) is 5.75 Å². The highest BCUT2D eigenvalue weighted by Gasteiger charge is 2.17. The number of sulfone groups is 1. The highest BCUT2D eigenvalue weighted by Crippen LogP contribution is 2.30. The summed E-state index contributed by atoms with van der Waals surface area (Å²) in [6.07, 6.45) is 5.00. The van der Waals surface area contributed by atoms with E-state index in [0.29, 0.717) is 13.0 Å². The zero-order valence-electron chi connectivity index (χ0n) is 11.3. The molecule has 1 aliphatic rings. The molecule has 0 saturated carbocycles. The summed E-state index contributed by atoms with van der Waals surface area (Å²) in [4.78, 5) is 0. The lowest BCUT2D eigenvalue weighted by Gasteiger charge is -2.22. The average Bonchev–Trinajstić information content (AvgIpc) is 2.34. The fourth-order valence-corrected chi connectivity index (χ4v) is 3.06. The smallest absolute Gasteiger partial charge is 0.147 e. The Morgan fingerprint density at radius 3 is 2.95 bits per heavy atom.